The predicted molar refractivity (Wildman–Crippen MR) is 116 cm³/mol. The van der Waals surface area contributed by atoms with Crippen molar-refractivity contribution in [1.82, 2.24) is 19.9 Å². The number of fused-ring (bicyclic) bond motifs is 1. The minimum atomic E-state index is -4.73. The Morgan fingerprint density at radius 3 is 2.41 bits per heavy atom. The van der Waals surface area contributed by atoms with Gasteiger partial charge in [-0.3, -0.25) is 4.79 Å². The highest BCUT2D eigenvalue weighted by Gasteiger charge is 2.35. The van der Waals surface area contributed by atoms with Crippen LogP contribution >= 0.6 is 23.2 Å². The van der Waals surface area contributed by atoms with Crippen LogP contribution in [-0.4, -0.2) is 20.5 Å². The van der Waals surface area contributed by atoms with Crippen molar-refractivity contribution < 1.29 is 18.0 Å². The molecule has 4 rings (SSSR count). The number of amides is 1. The molecular weight excluding hydrogens is 464 g/mol. The zero-order chi connectivity index (χ0) is 23.0. The molecule has 0 aliphatic carbocycles. The topological polar surface area (TPSA) is 59.3 Å². The van der Waals surface area contributed by atoms with Gasteiger partial charge in [0, 0.05) is 11.6 Å². The lowest BCUT2D eigenvalue weighted by molar-refractivity contribution is -0.142. The summed E-state index contributed by atoms with van der Waals surface area (Å²) in [5.41, 5.74) is -0.167. The summed E-state index contributed by atoms with van der Waals surface area (Å²) < 4.78 is 41.9. The summed E-state index contributed by atoms with van der Waals surface area (Å²) in [6.45, 7) is 1.77. The van der Waals surface area contributed by atoms with Gasteiger partial charge in [0.05, 0.1) is 21.8 Å². The van der Waals surface area contributed by atoms with E-state index in [2.05, 4.69) is 15.4 Å². The van der Waals surface area contributed by atoms with Crippen LogP contribution in [0.4, 0.5) is 13.2 Å². The lowest BCUT2D eigenvalue weighted by atomic mass is 10.1. The Hall–Kier alpha value is -3.10. The molecule has 0 aliphatic rings. The number of hydrogen-bond donors (Lipinski definition) is 1. The molecule has 2 aromatic heterocycles. The van der Waals surface area contributed by atoms with E-state index in [1.54, 1.807) is 6.92 Å². The Bertz CT molecular complexity index is 1310. The van der Waals surface area contributed by atoms with E-state index in [1.165, 1.54) is 24.3 Å². The lowest BCUT2D eigenvalue weighted by Gasteiger charge is -2.13. The predicted octanol–water partition coefficient (Wildman–Crippen LogP) is 6.21. The molecule has 2 aromatic carbocycles. The number of rotatable bonds is 4. The minimum Gasteiger partial charge on any atom is -0.344 e. The third kappa shape index (κ3) is 4.42. The van der Waals surface area contributed by atoms with Gasteiger partial charge >= 0.3 is 6.18 Å². The standard InChI is InChI=1S/C22H15Cl2F3N4O/c1-12(13-5-3-2-4-6-13)28-21(32)18-11-20-29-17(14-7-8-15(23)16(24)9-14)10-19(22(25,26)27)31(20)30-18/h2-12H,1H3,(H,28,32)/t12-/m1/s1. The molecule has 0 aliphatic heterocycles. The van der Waals surface area contributed by atoms with Gasteiger partial charge in [-0.1, -0.05) is 59.6 Å². The van der Waals surface area contributed by atoms with Crippen molar-refractivity contribution in [2.24, 2.45) is 0 Å². The van der Waals surface area contributed by atoms with E-state index in [9.17, 15) is 18.0 Å². The third-order valence-corrected chi connectivity index (χ3v) is 5.55. The molecule has 0 unspecified atom stereocenters. The molecule has 0 radical (unpaired) electrons. The summed E-state index contributed by atoms with van der Waals surface area (Å²) in [7, 11) is 0. The van der Waals surface area contributed by atoms with E-state index in [4.69, 9.17) is 23.2 Å². The summed E-state index contributed by atoms with van der Waals surface area (Å²) in [6, 6.07) is 15.3. The number of hydrogen-bond acceptors (Lipinski definition) is 3. The van der Waals surface area contributed by atoms with Crippen LogP contribution in [0.2, 0.25) is 10.0 Å². The Morgan fingerprint density at radius 1 is 1.03 bits per heavy atom. The molecule has 1 amide bonds. The van der Waals surface area contributed by atoms with E-state index < -0.39 is 17.8 Å². The van der Waals surface area contributed by atoms with Gasteiger partial charge in [-0.2, -0.15) is 18.3 Å². The van der Waals surface area contributed by atoms with Crippen LogP contribution in [0.1, 0.15) is 34.7 Å². The third-order valence-electron chi connectivity index (χ3n) is 4.81. The second kappa shape index (κ2) is 8.44. The number of alkyl halides is 3. The van der Waals surface area contributed by atoms with Gasteiger partial charge in [-0.25, -0.2) is 9.50 Å². The van der Waals surface area contributed by atoms with Crippen LogP contribution in [0, 0.1) is 0 Å². The monoisotopic (exact) mass is 478 g/mol. The first-order valence-corrected chi connectivity index (χ1v) is 10.2. The van der Waals surface area contributed by atoms with Crippen molar-refractivity contribution in [2.75, 3.05) is 0 Å². The Balaban J connectivity index is 1.75. The van der Waals surface area contributed by atoms with Gasteiger partial charge in [-0.15, -0.1) is 0 Å². The number of aromatic nitrogens is 3. The summed E-state index contributed by atoms with van der Waals surface area (Å²) in [4.78, 5) is 16.9. The van der Waals surface area contributed by atoms with E-state index in [1.807, 2.05) is 30.3 Å². The van der Waals surface area contributed by atoms with Crippen LogP contribution in [-0.2, 0) is 6.18 Å². The number of nitrogens with zero attached hydrogens (tertiary/aromatic N) is 3. The molecule has 0 bridgehead atoms. The summed E-state index contributed by atoms with van der Waals surface area (Å²) in [5.74, 6) is -0.615. The average molecular weight is 479 g/mol. The van der Waals surface area contributed by atoms with E-state index >= 15 is 0 Å². The number of carbonyl (C=O) groups excluding carboxylic acids is 1. The largest absolute Gasteiger partial charge is 0.433 e. The Kier molecular flexibility index (Phi) is 5.83. The van der Waals surface area contributed by atoms with Gasteiger partial charge in [0.25, 0.3) is 5.91 Å². The smallest absolute Gasteiger partial charge is 0.344 e. The van der Waals surface area contributed by atoms with Crippen LogP contribution < -0.4 is 5.32 Å². The van der Waals surface area contributed by atoms with E-state index in [0.29, 0.717) is 10.1 Å². The fourth-order valence-corrected chi connectivity index (χ4v) is 3.48. The fraction of sp³-hybridized carbons (Fsp3) is 0.136. The zero-order valence-electron chi connectivity index (χ0n) is 16.5. The molecule has 1 N–H and O–H groups in total. The molecule has 0 saturated carbocycles. The van der Waals surface area contributed by atoms with Crippen LogP contribution in [0.15, 0.2) is 60.7 Å². The maximum Gasteiger partial charge on any atom is 0.433 e. The Morgan fingerprint density at radius 2 is 1.75 bits per heavy atom. The first-order valence-electron chi connectivity index (χ1n) is 9.43. The molecule has 5 nitrogen and oxygen atoms in total. The molecule has 0 fully saturated rings. The van der Waals surface area contributed by atoms with Crippen molar-refractivity contribution in [3.8, 4) is 11.3 Å². The quantitative estimate of drug-likeness (QED) is 0.379. The van der Waals surface area contributed by atoms with Gasteiger partial charge in [-0.05, 0) is 30.7 Å². The Labute approximate surface area is 190 Å². The first kappa shape index (κ1) is 22.1. The summed E-state index contributed by atoms with van der Waals surface area (Å²) in [5, 5.41) is 7.05. The maximum atomic E-state index is 13.8. The molecule has 1 atom stereocenters. The maximum absolute atomic E-state index is 13.8. The SMILES string of the molecule is C[C@@H](NC(=O)c1cc2nc(-c3ccc(Cl)c(Cl)c3)cc(C(F)(F)F)n2n1)c1ccccc1. The van der Waals surface area contributed by atoms with Gasteiger partial charge in [0.1, 0.15) is 0 Å². The molecular formula is C22H15Cl2F3N4O. The molecule has 32 heavy (non-hydrogen) atoms. The minimum absolute atomic E-state index is 0.0212. The summed E-state index contributed by atoms with van der Waals surface area (Å²) in [6.07, 6.45) is -4.73. The highest BCUT2D eigenvalue weighted by atomic mass is 35.5. The first-order chi connectivity index (χ1) is 15.1. The average Bonchev–Trinajstić information content (AvgIpc) is 3.19. The van der Waals surface area contributed by atoms with Crippen molar-refractivity contribution in [3.63, 3.8) is 0 Å². The van der Waals surface area contributed by atoms with Gasteiger partial charge < -0.3 is 5.32 Å². The normalized spacial score (nSPS) is 12.7. The van der Waals surface area contributed by atoms with Crippen LogP contribution in [0.3, 0.4) is 0 Å². The van der Waals surface area contributed by atoms with Gasteiger partial charge in [0.15, 0.2) is 17.0 Å². The lowest BCUT2D eigenvalue weighted by Crippen LogP contribution is -2.27. The number of benzene rings is 2. The molecule has 10 heteroatoms. The number of carbonyl (C=O) groups is 1. The molecule has 2 heterocycles. The van der Waals surface area contributed by atoms with E-state index in [0.717, 1.165) is 11.6 Å². The fourth-order valence-electron chi connectivity index (χ4n) is 3.19. The van der Waals surface area contributed by atoms with Crippen molar-refractivity contribution in [2.45, 2.75) is 19.1 Å². The summed E-state index contributed by atoms with van der Waals surface area (Å²) >= 11 is 11.9. The molecule has 0 saturated heterocycles. The highest BCUT2D eigenvalue weighted by Crippen LogP contribution is 2.34. The number of halogens is 5. The van der Waals surface area contributed by atoms with Crippen LogP contribution in [0.25, 0.3) is 16.9 Å². The van der Waals surface area contributed by atoms with Crippen LogP contribution in [0.5, 0.6) is 0 Å². The second-order valence-electron chi connectivity index (χ2n) is 7.06. The van der Waals surface area contributed by atoms with Gasteiger partial charge in [0.2, 0.25) is 0 Å². The van der Waals surface area contributed by atoms with E-state index in [-0.39, 0.29) is 33.1 Å². The van der Waals surface area contributed by atoms with Crippen molar-refractivity contribution in [1.29, 1.82) is 0 Å². The second-order valence-corrected chi connectivity index (χ2v) is 7.87. The molecule has 0 spiro atoms. The van der Waals surface area contributed by atoms with Crippen molar-refractivity contribution in [3.05, 3.63) is 87.7 Å². The van der Waals surface area contributed by atoms with Crippen molar-refractivity contribution >= 4 is 34.8 Å². The molecule has 4 aromatic rings. The zero-order valence-corrected chi connectivity index (χ0v) is 18.0. The number of nitrogens with one attached hydrogen (secondary N) is 1. The highest BCUT2D eigenvalue weighted by molar-refractivity contribution is 6.42. The molecule has 164 valence electrons.